The fraction of sp³-hybridized carbons (Fsp3) is 0.400. The van der Waals surface area contributed by atoms with Gasteiger partial charge in [0.25, 0.3) is 5.91 Å². The van der Waals surface area contributed by atoms with Gasteiger partial charge in [0, 0.05) is 27.0 Å². The summed E-state index contributed by atoms with van der Waals surface area (Å²) in [6.45, 7) is 3.92. The summed E-state index contributed by atoms with van der Waals surface area (Å²) in [6.07, 6.45) is 3.42. The Bertz CT molecular complexity index is 665. The van der Waals surface area contributed by atoms with Gasteiger partial charge in [0.05, 0.1) is 13.2 Å². The van der Waals surface area contributed by atoms with Gasteiger partial charge in [-0.3, -0.25) is 9.59 Å². The first-order valence-corrected chi connectivity index (χ1v) is 6.77. The molecule has 0 saturated carbocycles. The molecule has 0 saturated heterocycles. The van der Waals surface area contributed by atoms with Gasteiger partial charge in [-0.15, -0.1) is 6.58 Å². The molecule has 2 N–H and O–H groups in total. The molecule has 0 bridgehead atoms. The molecule has 0 fully saturated rings. The Labute approximate surface area is 133 Å². The van der Waals surface area contributed by atoms with Gasteiger partial charge < -0.3 is 24.5 Å². The number of rotatable bonds is 3. The summed E-state index contributed by atoms with van der Waals surface area (Å²) in [5.41, 5.74) is -1.37. The topological polar surface area (TPSA) is 107 Å². The SMILES string of the molecule is C=CCC1Cn2cc(C(=O)OC)c(=O)c(O)c2C(=O)N1.COC. The summed E-state index contributed by atoms with van der Waals surface area (Å²) < 4.78 is 10.1. The number of esters is 1. The Kier molecular flexibility index (Phi) is 6.52. The molecule has 0 aromatic carbocycles. The second-order valence-electron chi connectivity index (χ2n) is 4.82. The summed E-state index contributed by atoms with van der Waals surface area (Å²) in [5, 5.41) is 12.5. The molecule has 1 aromatic rings. The molecule has 2 heterocycles. The first-order valence-electron chi connectivity index (χ1n) is 6.77. The number of aromatic hydroxyl groups is 1. The molecule has 1 aromatic heterocycles. The summed E-state index contributed by atoms with van der Waals surface area (Å²) in [7, 11) is 4.39. The Morgan fingerprint density at radius 1 is 1.48 bits per heavy atom. The van der Waals surface area contributed by atoms with Gasteiger partial charge in [-0.05, 0) is 6.42 Å². The third-order valence-electron chi connectivity index (χ3n) is 3.08. The first-order chi connectivity index (χ1) is 10.9. The Morgan fingerprint density at radius 3 is 2.61 bits per heavy atom. The molecule has 1 aliphatic rings. The number of hydrogen-bond acceptors (Lipinski definition) is 6. The highest BCUT2D eigenvalue weighted by atomic mass is 16.5. The van der Waals surface area contributed by atoms with Crippen molar-refractivity contribution in [1.29, 1.82) is 0 Å². The minimum absolute atomic E-state index is 0.150. The van der Waals surface area contributed by atoms with Gasteiger partial charge in [-0.25, -0.2) is 4.79 Å². The van der Waals surface area contributed by atoms with Crippen LogP contribution < -0.4 is 10.7 Å². The van der Waals surface area contributed by atoms with Crippen LogP contribution in [0.2, 0.25) is 0 Å². The molecule has 1 unspecified atom stereocenters. The Hall–Kier alpha value is -2.61. The molecule has 0 radical (unpaired) electrons. The van der Waals surface area contributed by atoms with Crippen LogP contribution in [0.1, 0.15) is 27.3 Å². The zero-order valence-corrected chi connectivity index (χ0v) is 13.3. The van der Waals surface area contributed by atoms with Gasteiger partial charge in [-0.2, -0.15) is 0 Å². The van der Waals surface area contributed by atoms with Crippen LogP contribution in [0.5, 0.6) is 5.75 Å². The number of nitrogens with one attached hydrogen (secondary N) is 1. The van der Waals surface area contributed by atoms with Crippen LogP contribution in [-0.2, 0) is 16.0 Å². The summed E-state index contributed by atoms with van der Waals surface area (Å²) in [6, 6.07) is -0.208. The van der Waals surface area contributed by atoms with Crippen LogP contribution in [0.15, 0.2) is 23.6 Å². The van der Waals surface area contributed by atoms with Gasteiger partial charge in [0.2, 0.25) is 5.43 Å². The van der Waals surface area contributed by atoms with E-state index < -0.39 is 23.1 Å². The van der Waals surface area contributed by atoms with Crippen molar-refractivity contribution < 1.29 is 24.2 Å². The highest BCUT2D eigenvalue weighted by Crippen LogP contribution is 2.19. The predicted molar refractivity (Wildman–Crippen MR) is 82.7 cm³/mol. The number of methoxy groups -OCH3 is 2. The number of ether oxygens (including phenoxy) is 2. The number of carbonyl (C=O) groups excluding carboxylic acids is 2. The molecule has 126 valence electrons. The summed E-state index contributed by atoms with van der Waals surface area (Å²) in [5.74, 6) is -2.16. The van der Waals surface area contributed by atoms with Gasteiger partial charge in [0.15, 0.2) is 11.4 Å². The molecule has 1 atom stereocenters. The average molecular weight is 324 g/mol. The highest BCUT2D eigenvalue weighted by Gasteiger charge is 2.29. The number of nitrogens with zero attached hydrogens (tertiary/aromatic N) is 1. The van der Waals surface area contributed by atoms with E-state index in [2.05, 4.69) is 21.4 Å². The Morgan fingerprint density at radius 2 is 2.09 bits per heavy atom. The highest BCUT2D eigenvalue weighted by molar-refractivity contribution is 5.97. The maximum Gasteiger partial charge on any atom is 0.343 e. The number of hydrogen-bond donors (Lipinski definition) is 2. The zero-order valence-electron chi connectivity index (χ0n) is 13.3. The monoisotopic (exact) mass is 324 g/mol. The molecular weight excluding hydrogens is 304 g/mol. The van der Waals surface area contributed by atoms with E-state index in [0.29, 0.717) is 13.0 Å². The average Bonchev–Trinajstić information content (AvgIpc) is 2.50. The third-order valence-corrected chi connectivity index (χ3v) is 3.08. The maximum absolute atomic E-state index is 11.9. The molecular formula is C15H20N2O6. The van der Waals surface area contributed by atoms with Crippen molar-refractivity contribution in [2.45, 2.75) is 19.0 Å². The quantitative estimate of drug-likeness (QED) is 0.611. The van der Waals surface area contributed by atoms with Crippen molar-refractivity contribution in [1.82, 2.24) is 9.88 Å². The van der Waals surface area contributed by atoms with Crippen LogP contribution in [0.3, 0.4) is 0 Å². The van der Waals surface area contributed by atoms with Crippen molar-refractivity contribution in [3.05, 3.63) is 40.3 Å². The van der Waals surface area contributed by atoms with E-state index in [4.69, 9.17) is 0 Å². The summed E-state index contributed by atoms with van der Waals surface area (Å²) in [4.78, 5) is 35.2. The number of aromatic nitrogens is 1. The van der Waals surface area contributed by atoms with Crippen LogP contribution in [0.4, 0.5) is 0 Å². The molecule has 0 aliphatic carbocycles. The van der Waals surface area contributed by atoms with E-state index in [9.17, 15) is 19.5 Å². The van der Waals surface area contributed by atoms with Crippen molar-refractivity contribution in [3.8, 4) is 5.75 Å². The lowest BCUT2D eigenvalue weighted by Crippen LogP contribution is -2.45. The zero-order chi connectivity index (χ0) is 17.6. The van der Waals surface area contributed by atoms with Crippen molar-refractivity contribution in [3.63, 3.8) is 0 Å². The first kappa shape index (κ1) is 18.4. The molecule has 8 heteroatoms. The predicted octanol–water partition coefficient (Wildman–Crippen LogP) is 0.291. The van der Waals surface area contributed by atoms with Crippen molar-refractivity contribution >= 4 is 11.9 Å². The van der Waals surface area contributed by atoms with E-state index in [0.717, 1.165) is 7.11 Å². The van der Waals surface area contributed by atoms with Crippen molar-refractivity contribution in [2.75, 3.05) is 21.3 Å². The molecule has 2 rings (SSSR count). The fourth-order valence-electron chi connectivity index (χ4n) is 2.16. The number of pyridine rings is 1. The van der Waals surface area contributed by atoms with Gasteiger partial charge in [0.1, 0.15) is 5.56 Å². The van der Waals surface area contributed by atoms with Crippen molar-refractivity contribution in [2.24, 2.45) is 0 Å². The lowest BCUT2D eigenvalue weighted by atomic mass is 10.1. The van der Waals surface area contributed by atoms with E-state index in [-0.39, 0.29) is 17.3 Å². The van der Waals surface area contributed by atoms with Crippen LogP contribution in [-0.4, -0.2) is 48.9 Å². The molecule has 1 amide bonds. The van der Waals surface area contributed by atoms with E-state index >= 15 is 0 Å². The minimum atomic E-state index is -0.916. The normalized spacial score (nSPS) is 15.6. The van der Waals surface area contributed by atoms with E-state index in [1.807, 2.05) is 0 Å². The maximum atomic E-state index is 11.9. The molecule has 8 nitrogen and oxygen atoms in total. The number of carbonyl (C=O) groups is 2. The lowest BCUT2D eigenvalue weighted by molar-refractivity contribution is 0.0596. The molecule has 23 heavy (non-hydrogen) atoms. The van der Waals surface area contributed by atoms with Crippen LogP contribution >= 0.6 is 0 Å². The van der Waals surface area contributed by atoms with Gasteiger partial charge >= 0.3 is 5.97 Å². The lowest BCUT2D eigenvalue weighted by Gasteiger charge is -2.27. The number of fused-ring (bicyclic) bond motifs is 1. The fourth-order valence-corrected chi connectivity index (χ4v) is 2.16. The number of amides is 1. The standard InChI is InChI=1S/C13H14N2O5.C2H6O/c1-3-4-7-5-15-6-8(13(19)20-2)10(16)11(17)9(15)12(18)14-7;1-3-2/h3,6-7,17H,1,4-5H2,2H3,(H,14,18);1-2H3. The third kappa shape index (κ3) is 3.98. The summed E-state index contributed by atoms with van der Waals surface area (Å²) >= 11 is 0. The minimum Gasteiger partial charge on any atom is -0.503 e. The molecule has 1 aliphatic heterocycles. The second-order valence-corrected chi connectivity index (χ2v) is 4.82. The largest absolute Gasteiger partial charge is 0.503 e. The van der Waals surface area contributed by atoms with Gasteiger partial charge in [-0.1, -0.05) is 6.08 Å². The van der Waals surface area contributed by atoms with Crippen LogP contribution in [0, 0.1) is 0 Å². The molecule has 0 spiro atoms. The smallest absolute Gasteiger partial charge is 0.343 e. The second kappa shape index (κ2) is 8.14. The van der Waals surface area contributed by atoms with E-state index in [1.165, 1.54) is 10.8 Å². The van der Waals surface area contributed by atoms with Crippen LogP contribution in [0.25, 0.3) is 0 Å². The Balaban J connectivity index is 0.000000816. The van der Waals surface area contributed by atoms with E-state index in [1.54, 1.807) is 20.3 Å².